The average Bonchev–Trinajstić information content (AvgIpc) is 2.31. The smallest absolute Gasteiger partial charge is 0.235 e. The molecule has 1 heterocycles. The molecule has 52 valence electrons. The summed E-state index contributed by atoms with van der Waals surface area (Å²) in [6.07, 6.45) is 2.98. The van der Waals surface area contributed by atoms with Crippen LogP contribution in [0.25, 0.3) is 0 Å². The van der Waals surface area contributed by atoms with E-state index >= 15 is 0 Å². The molecule has 0 saturated heterocycles. The van der Waals surface area contributed by atoms with Crippen molar-refractivity contribution in [2.45, 2.75) is 13.5 Å². The molecule has 0 atom stereocenters. The van der Waals surface area contributed by atoms with E-state index in [0.717, 1.165) is 5.56 Å². The second-order valence-corrected chi connectivity index (χ2v) is 1.81. The first-order chi connectivity index (χ1) is 4.84. The molecule has 4 nitrogen and oxygen atoms in total. The van der Waals surface area contributed by atoms with Crippen LogP contribution in [0, 0.1) is 6.92 Å². The summed E-state index contributed by atoms with van der Waals surface area (Å²) in [4.78, 5) is 13.0. The SMILES string of the molecule is Cc1oncc1CN=C=O. The number of carbonyl (C=O) groups excluding carboxylic acids is 1. The highest BCUT2D eigenvalue weighted by Gasteiger charge is 1.99. The van der Waals surface area contributed by atoms with Gasteiger partial charge in [0.1, 0.15) is 5.76 Å². The van der Waals surface area contributed by atoms with E-state index in [4.69, 9.17) is 4.52 Å². The molecule has 0 aliphatic heterocycles. The standard InChI is InChI=1S/C6H6N2O2/c1-5-6(2-7-4-9)3-8-10-5/h3H,2H2,1H3. The minimum absolute atomic E-state index is 0.304. The molecule has 1 aromatic rings. The molecule has 4 heteroatoms. The molecule has 0 radical (unpaired) electrons. The third kappa shape index (κ3) is 1.30. The molecule has 1 rings (SSSR count). The molecule has 0 fully saturated rings. The molecule has 0 aliphatic carbocycles. The van der Waals surface area contributed by atoms with Gasteiger partial charge in [0.15, 0.2) is 0 Å². The van der Waals surface area contributed by atoms with E-state index < -0.39 is 0 Å². The van der Waals surface area contributed by atoms with Gasteiger partial charge in [-0.05, 0) is 6.92 Å². The maximum atomic E-state index is 9.67. The second-order valence-electron chi connectivity index (χ2n) is 1.81. The van der Waals surface area contributed by atoms with E-state index in [-0.39, 0.29) is 0 Å². The molecule has 0 aromatic carbocycles. The van der Waals surface area contributed by atoms with E-state index in [9.17, 15) is 4.79 Å². The summed E-state index contributed by atoms with van der Waals surface area (Å²) < 4.78 is 4.72. The third-order valence-electron chi connectivity index (χ3n) is 1.16. The summed E-state index contributed by atoms with van der Waals surface area (Å²) in [5, 5.41) is 3.51. The maximum Gasteiger partial charge on any atom is 0.235 e. The summed E-state index contributed by atoms with van der Waals surface area (Å²) in [7, 11) is 0. The Kier molecular flexibility index (Phi) is 1.97. The van der Waals surface area contributed by atoms with Gasteiger partial charge in [-0.25, -0.2) is 9.79 Å². The van der Waals surface area contributed by atoms with Crippen molar-refractivity contribution in [3.63, 3.8) is 0 Å². The molecule has 0 unspecified atom stereocenters. The van der Waals surface area contributed by atoms with E-state index in [1.165, 1.54) is 12.3 Å². The Hall–Kier alpha value is -1.41. The van der Waals surface area contributed by atoms with Crippen molar-refractivity contribution in [2.24, 2.45) is 4.99 Å². The molecule has 0 aliphatic rings. The van der Waals surface area contributed by atoms with Gasteiger partial charge in [-0.1, -0.05) is 5.16 Å². The Labute approximate surface area is 57.5 Å². The zero-order valence-corrected chi connectivity index (χ0v) is 5.50. The van der Waals surface area contributed by atoms with E-state index in [1.807, 2.05) is 0 Å². The van der Waals surface area contributed by atoms with Crippen LogP contribution in [0.1, 0.15) is 11.3 Å². The fourth-order valence-electron chi connectivity index (χ4n) is 0.588. The van der Waals surface area contributed by atoms with Gasteiger partial charge in [-0.3, -0.25) is 0 Å². The third-order valence-corrected chi connectivity index (χ3v) is 1.16. The Morgan fingerprint density at radius 1 is 1.90 bits per heavy atom. The number of rotatable bonds is 2. The van der Waals surface area contributed by atoms with Gasteiger partial charge in [0, 0.05) is 5.56 Å². The lowest BCUT2D eigenvalue weighted by atomic mass is 10.3. The first kappa shape index (κ1) is 6.71. The van der Waals surface area contributed by atoms with E-state index in [0.29, 0.717) is 12.3 Å². The van der Waals surface area contributed by atoms with E-state index in [1.54, 1.807) is 6.92 Å². The number of aliphatic imine (C=N–C) groups is 1. The fraction of sp³-hybridized carbons (Fsp3) is 0.333. The maximum absolute atomic E-state index is 9.67. The highest BCUT2D eigenvalue weighted by Crippen LogP contribution is 2.05. The van der Waals surface area contributed by atoms with Gasteiger partial charge >= 0.3 is 0 Å². The highest BCUT2D eigenvalue weighted by molar-refractivity contribution is 5.33. The Bertz CT molecular complexity index is 260. The van der Waals surface area contributed by atoms with Crippen molar-refractivity contribution in [1.29, 1.82) is 0 Å². The summed E-state index contributed by atoms with van der Waals surface area (Å²) in [6, 6.07) is 0. The lowest BCUT2D eigenvalue weighted by Gasteiger charge is -1.84. The minimum Gasteiger partial charge on any atom is -0.361 e. The monoisotopic (exact) mass is 138 g/mol. The first-order valence-electron chi connectivity index (χ1n) is 2.78. The molecule has 0 spiro atoms. The zero-order valence-electron chi connectivity index (χ0n) is 5.50. The molecule has 0 amide bonds. The van der Waals surface area contributed by atoms with Crippen LogP contribution in [-0.2, 0) is 11.3 Å². The molecule has 0 bridgehead atoms. The number of hydrogen-bond acceptors (Lipinski definition) is 4. The molecule has 1 aromatic heterocycles. The lowest BCUT2D eigenvalue weighted by Crippen LogP contribution is -1.78. The molecular formula is C6H6N2O2. The predicted octanol–water partition coefficient (Wildman–Crippen LogP) is 0.819. The average molecular weight is 138 g/mol. The van der Waals surface area contributed by atoms with Gasteiger partial charge in [0.25, 0.3) is 0 Å². The van der Waals surface area contributed by atoms with E-state index in [2.05, 4.69) is 10.1 Å². The van der Waals surface area contributed by atoms with Gasteiger partial charge in [0.2, 0.25) is 6.08 Å². The van der Waals surface area contributed by atoms with Crippen LogP contribution in [-0.4, -0.2) is 11.2 Å². The fourth-order valence-corrected chi connectivity index (χ4v) is 0.588. The van der Waals surface area contributed by atoms with Gasteiger partial charge in [0.05, 0.1) is 12.7 Å². The summed E-state index contributed by atoms with van der Waals surface area (Å²) in [6.45, 7) is 2.07. The van der Waals surface area contributed by atoms with Crippen LogP contribution in [0.4, 0.5) is 0 Å². The quantitative estimate of drug-likeness (QED) is 0.449. The van der Waals surface area contributed by atoms with Crippen LogP contribution in [0.3, 0.4) is 0 Å². The van der Waals surface area contributed by atoms with Crippen molar-refractivity contribution >= 4 is 6.08 Å². The zero-order chi connectivity index (χ0) is 7.40. The molecule has 10 heavy (non-hydrogen) atoms. The summed E-state index contributed by atoms with van der Waals surface area (Å²) in [5.41, 5.74) is 0.823. The highest BCUT2D eigenvalue weighted by atomic mass is 16.5. The summed E-state index contributed by atoms with van der Waals surface area (Å²) in [5.74, 6) is 0.694. The predicted molar refractivity (Wildman–Crippen MR) is 33.1 cm³/mol. The number of hydrogen-bond donors (Lipinski definition) is 0. The Morgan fingerprint density at radius 2 is 2.70 bits per heavy atom. The molecule has 0 saturated carbocycles. The van der Waals surface area contributed by atoms with Crippen molar-refractivity contribution in [3.05, 3.63) is 17.5 Å². The normalized spacial score (nSPS) is 8.90. The van der Waals surface area contributed by atoms with Crippen LogP contribution in [0.15, 0.2) is 15.7 Å². The minimum atomic E-state index is 0.304. The number of aryl methyl sites for hydroxylation is 1. The van der Waals surface area contributed by atoms with Crippen molar-refractivity contribution in [3.8, 4) is 0 Å². The van der Waals surface area contributed by atoms with Crippen LogP contribution in [0.5, 0.6) is 0 Å². The molecule has 0 N–H and O–H groups in total. The van der Waals surface area contributed by atoms with Gasteiger partial charge in [-0.2, -0.15) is 0 Å². The summed E-state index contributed by atoms with van der Waals surface area (Å²) >= 11 is 0. The van der Waals surface area contributed by atoms with Gasteiger partial charge in [-0.15, -0.1) is 0 Å². The van der Waals surface area contributed by atoms with Gasteiger partial charge < -0.3 is 4.52 Å². The van der Waals surface area contributed by atoms with Crippen molar-refractivity contribution in [1.82, 2.24) is 5.16 Å². The Balaban J connectivity index is 2.74. The Morgan fingerprint density at radius 3 is 3.20 bits per heavy atom. The largest absolute Gasteiger partial charge is 0.361 e. The number of nitrogens with zero attached hydrogens (tertiary/aromatic N) is 2. The topological polar surface area (TPSA) is 55.5 Å². The van der Waals surface area contributed by atoms with Crippen LogP contribution >= 0.6 is 0 Å². The first-order valence-corrected chi connectivity index (χ1v) is 2.78. The lowest BCUT2D eigenvalue weighted by molar-refractivity contribution is 0.396. The number of isocyanates is 1. The van der Waals surface area contributed by atoms with Crippen LogP contribution in [0.2, 0.25) is 0 Å². The second kappa shape index (κ2) is 2.94. The van der Waals surface area contributed by atoms with Crippen LogP contribution < -0.4 is 0 Å². The van der Waals surface area contributed by atoms with Crippen molar-refractivity contribution < 1.29 is 9.32 Å². The number of aromatic nitrogens is 1. The van der Waals surface area contributed by atoms with Crippen molar-refractivity contribution in [2.75, 3.05) is 0 Å². The molecular weight excluding hydrogens is 132 g/mol.